The molecule has 0 spiro atoms. The van der Waals surface area contributed by atoms with Crippen molar-refractivity contribution in [1.29, 1.82) is 0 Å². The number of halogens is 2. The molecular formula is C28H36F2N6O4S. The predicted molar refractivity (Wildman–Crippen MR) is 153 cm³/mol. The monoisotopic (exact) mass is 590 g/mol. The second-order valence-corrected chi connectivity index (χ2v) is 11.2. The largest absolute Gasteiger partial charge is 0.365 e. The van der Waals surface area contributed by atoms with Crippen molar-refractivity contribution in [3.63, 3.8) is 0 Å². The molecule has 0 saturated carbocycles. The smallest absolute Gasteiger partial charge is 0.354 e. The van der Waals surface area contributed by atoms with Gasteiger partial charge in [-0.15, -0.1) is 0 Å². The fourth-order valence-electron chi connectivity index (χ4n) is 4.13. The van der Waals surface area contributed by atoms with Crippen LogP contribution in [-0.4, -0.2) is 65.7 Å². The molecule has 2 aromatic rings. The fourth-order valence-corrected chi connectivity index (χ4v) is 5.54. The number of carbonyl (C=O) groups excluding carboxylic acids is 3. The van der Waals surface area contributed by atoms with Crippen molar-refractivity contribution in [1.82, 2.24) is 20.7 Å². The van der Waals surface area contributed by atoms with Gasteiger partial charge >= 0.3 is 6.03 Å². The Labute approximate surface area is 242 Å². The molecule has 1 heterocycles. The van der Waals surface area contributed by atoms with Crippen LogP contribution in [-0.2, 0) is 19.3 Å². The lowest BCUT2D eigenvalue weighted by molar-refractivity contribution is -0.129. The van der Waals surface area contributed by atoms with E-state index in [0.29, 0.717) is 12.0 Å². The quantitative estimate of drug-likeness (QED) is 0.271. The van der Waals surface area contributed by atoms with Crippen LogP contribution in [0, 0.1) is 17.6 Å². The highest BCUT2D eigenvalue weighted by Crippen LogP contribution is 2.51. The SMILES string of the molecule is CON(C)C(=O)N1N=C(c2cc(F)ccc2F)S[C@@]1(CCCNC(=O)[C@H](C)NC(=O)[C@@H](N)C(C)C)c1ccccc1. The molecule has 4 amide bonds. The third-order valence-corrected chi connectivity index (χ3v) is 8.12. The van der Waals surface area contributed by atoms with E-state index in [0.717, 1.165) is 35.0 Å². The summed E-state index contributed by atoms with van der Waals surface area (Å²) in [5.74, 6) is -2.23. The van der Waals surface area contributed by atoms with Gasteiger partial charge in [0.25, 0.3) is 0 Å². The Morgan fingerprint density at radius 3 is 2.44 bits per heavy atom. The first kappa shape index (κ1) is 32.0. The van der Waals surface area contributed by atoms with E-state index >= 15 is 0 Å². The summed E-state index contributed by atoms with van der Waals surface area (Å²) in [5.41, 5.74) is 6.47. The number of nitrogens with zero attached hydrogens (tertiary/aromatic N) is 3. The summed E-state index contributed by atoms with van der Waals surface area (Å²) >= 11 is 1.11. The zero-order chi connectivity index (χ0) is 30.3. The second-order valence-electron chi connectivity index (χ2n) is 9.95. The third-order valence-electron chi connectivity index (χ3n) is 6.67. The summed E-state index contributed by atoms with van der Waals surface area (Å²) in [5, 5.41) is 12.2. The molecule has 0 saturated heterocycles. The zero-order valence-electron chi connectivity index (χ0n) is 23.7. The van der Waals surface area contributed by atoms with Crippen LogP contribution in [0.5, 0.6) is 0 Å². The van der Waals surface area contributed by atoms with Gasteiger partial charge in [-0.3, -0.25) is 14.4 Å². The highest BCUT2D eigenvalue weighted by atomic mass is 32.2. The molecule has 222 valence electrons. The van der Waals surface area contributed by atoms with Gasteiger partial charge in [-0.25, -0.2) is 18.6 Å². The number of hydrogen-bond donors (Lipinski definition) is 3. The number of rotatable bonds is 11. The van der Waals surface area contributed by atoms with E-state index in [1.807, 2.05) is 32.0 Å². The topological polar surface area (TPSA) is 129 Å². The van der Waals surface area contributed by atoms with E-state index in [2.05, 4.69) is 15.7 Å². The van der Waals surface area contributed by atoms with Gasteiger partial charge in [0.1, 0.15) is 27.6 Å². The number of hydroxylamine groups is 2. The number of nitrogens with one attached hydrogen (secondary N) is 2. The third kappa shape index (κ3) is 7.40. The molecule has 0 bridgehead atoms. The van der Waals surface area contributed by atoms with E-state index < -0.39 is 46.4 Å². The molecule has 10 nitrogen and oxygen atoms in total. The zero-order valence-corrected chi connectivity index (χ0v) is 24.5. The number of amides is 4. The molecule has 3 rings (SSSR count). The first-order chi connectivity index (χ1) is 19.4. The molecule has 0 aromatic heterocycles. The van der Waals surface area contributed by atoms with Crippen molar-refractivity contribution >= 4 is 34.7 Å². The minimum atomic E-state index is -1.17. The van der Waals surface area contributed by atoms with Crippen LogP contribution in [0.4, 0.5) is 13.6 Å². The Morgan fingerprint density at radius 2 is 1.80 bits per heavy atom. The Morgan fingerprint density at radius 1 is 1.12 bits per heavy atom. The summed E-state index contributed by atoms with van der Waals surface area (Å²) in [6, 6.07) is 9.93. The maximum Gasteiger partial charge on any atom is 0.365 e. The molecule has 0 unspecified atom stereocenters. The van der Waals surface area contributed by atoms with Gasteiger partial charge in [-0.2, -0.15) is 10.1 Å². The number of hydrogen-bond acceptors (Lipinski definition) is 7. The normalized spacial score (nSPS) is 18.1. The highest BCUT2D eigenvalue weighted by Gasteiger charge is 2.49. The van der Waals surface area contributed by atoms with Gasteiger partial charge in [-0.05, 0) is 49.4 Å². The van der Waals surface area contributed by atoms with Gasteiger partial charge in [0.05, 0.1) is 13.2 Å². The number of thioether (sulfide) groups is 1. The van der Waals surface area contributed by atoms with Gasteiger partial charge < -0.3 is 16.4 Å². The molecule has 13 heteroatoms. The van der Waals surface area contributed by atoms with E-state index in [-0.39, 0.29) is 29.5 Å². The Kier molecular flexibility index (Phi) is 10.8. The Bertz CT molecular complexity index is 1280. The lowest BCUT2D eigenvalue weighted by atomic mass is 10.0. The molecular weight excluding hydrogens is 554 g/mol. The lowest BCUT2D eigenvalue weighted by Crippen LogP contribution is -2.52. The Hall–Kier alpha value is -3.55. The van der Waals surface area contributed by atoms with Crippen molar-refractivity contribution in [3.8, 4) is 0 Å². The number of urea groups is 1. The standard InChI is InChI=1S/C28H36F2N6O4S/c1-17(2)23(31)25(38)33-18(3)24(37)32-15-9-14-28(19-10-7-6-8-11-19)36(27(39)35(4)40-5)34-26(41-28)21-16-20(29)12-13-22(21)30/h6-8,10-13,16-18,23H,9,14-15,31H2,1-5H3,(H,32,37)(H,33,38)/t18-,23-,28-/m0/s1. The first-order valence-corrected chi connectivity index (χ1v) is 14.0. The molecule has 0 fully saturated rings. The Balaban J connectivity index is 1.85. The van der Waals surface area contributed by atoms with Crippen molar-refractivity contribution in [3.05, 3.63) is 71.3 Å². The van der Waals surface area contributed by atoms with Gasteiger partial charge in [0.15, 0.2) is 0 Å². The fraction of sp³-hybridized carbons (Fsp3) is 0.429. The summed E-state index contributed by atoms with van der Waals surface area (Å²) in [6.07, 6.45) is 0.642. The van der Waals surface area contributed by atoms with Crippen LogP contribution in [0.3, 0.4) is 0 Å². The molecule has 41 heavy (non-hydrogen) atoms. The van der Waals surface area contributed by atoms with Crippen LogP contribution < -0.4 is 16.4 Å². The minimum Gasteiger partial charge on any atom is -0.354 e. The van der Waals surface area contributed by atoms with Crippen molar-refractivity contribution in [2.45, 2.75) is 50.6 Å². The number of carbonyl (C=O) groups is 3. The summed E-state index contributed by atoms with van der Waals surface area (Å²) in [4.78, 5) is 42.3. The van der Waals surface area contributed by atoms with Crippen LogP contribution in [0.1, 0.15) is 44.7 Å². The number of hydrazone groups is 1. The predicted octanol–water partition coefficient (Wildman–Crippen LogP) is 3.53. The van der Waals surface area contributed by atoms with Gasteiger partial charge in [0.2, 0.25) is 11.8 Å². The van der Waals surface area contributed by atoms with E-state index in [9.17, 15) is 23.2 Å². The molecule has 1 aliphatic rings. The average Bonchev–Trinajstić information content (AvgIpc) is 3.35. The molecule has 1 aliphatic heterocycles. The van der Waals surface area contributed by atoms with Crippen molar-refractivity contribution in [2.24, 2.45) is 16.8 Å². The average molecular weight is 591 g/mol. The van der Waals surface area contributed by atoms with Crippen LogP contribution in [0.15, 0.2) is 53.6 Å². The molecule has 4 N–H and O–H groups in total. The summed E-state index contributed by atoms with van der Waals surface area (Å²) in [7, 11) is 2.74. The van der Waals surface area contributed by atoms with Crippen LogP contribution in [0.25, 0.3) is 0 Å². The molecule has 3 atom stereocenters. The highest BCUT2D eigenvalue weighted by molar-refractivity contribution is 8.15. The minimum absolute atomic E-state index is 0.0804. The molecule has 2 aromatic carbocycles. The van der Waals surface area contributed by atoms with Gasteiger partial charge in [-0.1, -0.05) is 55.9 Å². The number of benzene rings is 2. The molecule has 0 radical (unpaired) electrons. The van der Waals surface area contributed by atoms with Crippen molar-refractivity contribution < 1.29 is 28.0 Å². The maximum absolute atomic E-state index is 14.8. The number of nitrogens with two attached hydrogens (primary N) is 1. The summed E-state index contributed by atoms with van der Waals surface area (Å²) in [6.45, 7) is 5.40. The van der Waals surface area contributed by atoms with Crippen molar-refractivity contribution in [2.75, 3.05) is 20.7 Å². The molecule has 0 aliphatic carbocycles. The maximum atomic E-state index is 14.8. The van der Waals surface area contributed by atoms with Gasteiger partial charge in [0, 0.05) is 19.2 Å². The lowest BCUT2D eigenvalue weighted by Gasteiger charge is -2.37. The summed E-state index contributed by atoms with van der Waals surface area (Å²) < 4.78 is 28.9. The van der Waals surface area contributed by atoms with E-state index in [1.165, 1.54) is 19.2 Å². The first-order valence-electron chi connectivity index (χ1n) is 13.2. The van der Waals surface area contributed by atoms with E-state index in [1.54, 1.807) is 19.1 Å². The second kappa shape index (κ2) is 13.9. The van der Waals surface area contributed by atoms with Crippen LogP contribution >= 0.6 is 11.8 Å². The van der Waals surface area contributed by atoms with Crippen LogP contribution in [0.2, 0.25) is 0 Å². The van der Waals surface area contributed by atoms with E-state index in [4.69, 9.17) is 10.6 Å².